The normalized spacial score (nSPS) is 22.8. The molecule has 114 valence electrons. The van der Waals surface area contributed by atoms with Crippen molar-refractivity contribution in [2.45, 2.75) is 31.8 Å². The number of nitrogens with zero attached hydrogens (tertiary/aromatic N) is 2. The van der Waals surface area contributed by atoms with Gasteiger partial charge in [-0.1, -0.05) is 6.07 Å². The first-order valence-corrected chi connectivity index (χ1v) is 6.87. The molecule has 21 heavy (non-hydrogen) atoms. The summed E-state index contributed by atoms with van der Waals surface area (Å²) in [5, 5.41) is 23.4. The average molecular weight is 293 g/mol. The van der Waals surface area contributed by atoms with Crippen molar-refractivity contribution in [3.63, 3.8) is 0 Å². The second-order valence-corrected chi connectivity index (χ2v) is 5.46. The zero-order valence-corrected chi connectivity index (χ0v) is 12.1. The number of hydrogen-bond donors (Lipinski definition) is 2. The molecule has 2 atom stereocenters. The molecular weight excluding hydrogens is 274 g/mol. The van der Waals surface area contributed by atoms with Crippen LogP contribution in [0.15, 0.2) is 18.2 Å². The Bertz CT molecular complexity index is 529. The molecule has 7 heteroatoms. The number of rotatable bonds is 4. The molecule has 0 aromatic heterocycles. The van der Waals surface area contributed by atoms with Crippen LogP contribution in [0, 0.1) is 10.1 Å². The molecule has 1 heterocycles. The minimum absolute atomic E-state index is 0.0374. The Hall–Kier alpha value is -2.15. The van der Waals surface area contributed by atoms with Gasteiger partial charge in [0.05, 0.1) is 10.5 Å². The maximum atomic E-state index is 11.3. The molecule has 0 radical (unpaired) electrons. The minimum Gasteiger partial charge on any atom is -0.478 e. The smallest absolute Gasteiger partial charge is 0.338 e. The fraction of sp³-hybridized carbons (Fsp3) is 0.500. The summed E-state index contributed by atoms with van der Waals surface area (Å²) in [7, 11) is 2.04. The van der Waals surface area contributed by atoms with Gasteiger partial charge in [-0.05, 0) is 32.9 Å². The van der Waals surface area contributed by atoms with Crippen molar-refractivity contribution < 1.29 is 14.8 Å². The van der Waals surface area contributed by atoms with E-state index in [1.807, 2.05) is 7.05 Å². The van der Waals surface area contributed by atoms with E-state index in [1.54, 1.807) is 0 Å². The number of aromatic carboxylic acids is 1. The van der Waals surface area contributed by atoms with Crippen molar-refractivity contribution in [2.75, 3.05) is 18.9 Å². The van der Waals surface area contributed by atoms with Gasteiger partial charge in [0.25, 0.3) is 5.69 Å². The number of nitro groups is 1. The Kier molecular flexibility index (Phi) is 4.42. The summed E-state index contributed by atoms with van der Waals surface area (Å²) < 4.78 is 0. The lowest BCUT2D eigenvalue weighted by molar-refractivity contribution is -0.384. The average Bonchev–Trinajstić information content (AvgIpc) is 2.42. The van der Waals surface area contributed by atoms with Crippen molar-refractivity contribution in [3.8, 4) is 0 Å². The van der Waals surface area contributed by atoms with E-state index in [9.17, 15) is 20.0 Å². The van der Waals surface area contributed by atoms with Gasteiger partial charge >= 0.3 is 5.97 Å². The van der Waals surface area contributed by atoms with Gasteiger partial charge in [-0.2, -0.15) is 0 Å². The fourth-order valence-electron chi connectivity index (χ4n) is 2.65. The van der Waals surface area contributed by atoms with Gasteiger partial charge in [-0.25, -0.2) is 4.79 Å². The van der Waals surface area contributed by atoms with E-state index in [4.69, 9.17) is 0 Å². The van der Waals surface area contributed by atoms with Crippen LogP contribution in [0.5, 0.6) is 0 Å². The third-order valence-electron chi connectivity index (χ3n) is 4.03. The first kappa shape index (κ1) is 15.2. The first-order chi connectivity index (χ1) is 9.90. The van der Waals surface area contributed by atoms with E-state index in [2.05, 4.69) is 17.1 Å². The summed E-state index contributed by atoms with van der Waals surface area (Å²) in [6.45, 7) is 2.97. The number of nitro benzene ring substituents is 1. The summed E-state index contributed by atoms with van der Waals surface area (Å²) in [4.78, 5) is 24.1. The standard InChI is InChI=1S/C14H19N3O4/c1-9-8-10(6-7-16(9)2)15-13-11(14(18)19)4-3-5-12(13)17(20)21/h3-5,9-10,15H,6-8H2,1-2H3,(H,18,19). The summed E-state index contributed by atoms with van der Waals surface area (Å²) in [6.07, 6.45) is 1.65. The van der Waals surface area contributed by atoms with Crippen molar-refractivity contribution in [1.82, 2.24) is 4.90 Å². The maximum absolute atomic E-state index is 11.3. The molecule has 1 saturated heterocycles. The minimum atomic E-state index is -1.16. The second-order valence-electron chi connectivity index (χ2n) is 5.46. The van der Waals surface area contributed by atoms with Crippen LogP contribution < -0.4 is 5.32 Å². The van der Waals surface area contributed by atoms with Crippen LogP contribution in [0.2, 0.25) is 0 Å². The number of hydrogen-bond acceptors (Lipinski definition) is 5. The summed E-state index contributed by atoms with van der Waals surface area (Å²) in [5.41, 5.74) is -0.144. The van der Waals surface area contributed by atoms with E-state index < -0.39 is 10.9 Å². The monoisotopic (exact) mass is 293 g/mol. The Morgan fingerprint density at radius 1 is 1.52 bits per heavy atom. The third kappa shape index (κ3) is 3.30. The molecule has 1 aliphatic rings. The molecule has 0 saturated carbocycles. The van der Waals surface area contributed by atoms with Crippen molar-refractivity contribution >= 4 is 17.3 Å². The maximum Gasteiger partial charge on any atom is 0.338 e. The van der Waals surface area contributed by atoms with Gasteiger partial charge in [0.15, 0.2) is 0 Å². The lowest BCUT2D eigenvalue weighted by Crippen LogP contribution is -2.42. The number of nitrogens with one attached hydrogen (secondary N) is 1. The van der Waals surface area contributed by atoms with Gasteiger partial charge in [-0.3, -0.25) is 10.1 Å². The van der Waals surface area contributed by atoms with Gasteiger partial charge in [0.1, 0.15) is 5.69 Å². The van der Waals surface area contributed by atoms with Crippen LogP contribution in [0.4, 0.5) is 11.4 Å². The lowest BCUT2D eigenvalue weighted by atomic mass is 9.98. The van der Waals surface area contributed by atoms with E-state index >= 15 is 0 Å². The Morgan fingerprint density at radius 2 is 2.24 bits per heavy atom. The quantitative estimate of drug-likeness (QED) is 0.652. The van der Waals surface area contributed by atoms with E-state index in [0.717, 1.165) is 19.4 Å². The number of benzene rings is 1. The molecule has 0 bridgehead atoms. The second kappa shape index (κ2) is 6.09. The molecule has 1 fully saturated rings. The lowest BCUT2D eigenvalue weighted by Gasteiger charge is -2.35. The molecule has 1 aliphatic heterocycles. The van der Waals surface area contributed by atoms with Crippen LogP contribution in [0.3, 0.4) is 0 Å². The van der Waals surface area contributed by atoms with E-state index in [-0.39, 0.29) is 23.0 Å². The topological polar surface area (TPSA) is 95.7 Å². The Morgan fingerprint density at radius 3 is 2.81 bits per heavy atom. The van der Waals surface area contributed by atoms with Crippen molar-refractivity contribution in [1.29, 1.82) is 0 Å². The van der Waals surface area contributed by atoms with Crippen molar-refractivity contribution in [3.05, 3.63) is 33.9 Å². The van der Waals surface area contributed by atoms with Crippen LogP contribution in [0.1, 0.15) is 30.1 Å². The van der Waals surface area contributed by atoms with Crippen molar-refractivity contribution in [2.24, 2.45) is 0 Å². The van der Waals surface area contributed by atoms with E-state index in [0.29, 0.717) is 6.04 Å². The zero-order chi connectivity index (χ0) is 15.6. The molecular formula is C14H19N3O4. The van der Waals surface area contributed by atoms with Crippen LogP contribution in [0.25, 0.3) is 0 Å². The van der Waals surface area contributed by atoms with Crippen LogP contribution >= 0.6 is 0 Å². The highest BCUT2D eigenvalue weighted by Gasteiger charge is 2.27. The summed E-state index contributed by atoms with van der Waals surface area (Å²) >= 11 is 0. The van der Waals surface area contributed by atoms with Crippen LogP contribution in [-0.4, -0.2) is 46.6 Å². The zero-order valence-electron chi connectivity index (χ0n) is 12.1. The SMILES string of the molecule is CC1CC(Nc2c(C(=O)O)cccc2[N+](=O)[O-])CCN1C. The Balaban J connectivity index is 2.29. The number of carboxylic acids is 1. The largest absolute Gasteiger partial charge is 0.478 e. The van der Waals surface area contributed by atoms with Gasteiger partial charge in [0, 0.05) is 24.7 Å². The molecule has 7 nitrogen and oxygen atoms in total. The molecule has 2 N–H and O–H groups in total. The molecule has 0 aliphatic carbocycles. The highest BCUT2D eigenvalue weighted by atomic mass is 16.6. The Labute approximate surface area is 122 Å². The predicted octanol–water partition coefficient (Wildman–Crippen LogP) is 2.19. The van der Waals surface area contributed by atoms with Gasteiger partial charge < -0.3 is 15.3 Å². The number of carboxylic acid groups (broad SMARTS) is 1. The van der Waals surface area contributed by atoms with Gasteiger partial charge in [0.2, 0.25) is 0 Å². The van der Waals surface area contributed by atoms with Crippen LogP contribution in [-0.2, 0) is 0 Å². The highest BCUT2D eigenvalue weighted by Crippen LogP contribution is 2.31. The first-order valence-electron chi connectivity index (χ1n) is 6.87. The molecule has 0 spiro atoms. The fourth-order valence-corrected chi connectivity index (χ4v) is 2.65. The predicted molar refractivity (Wildman–Crippen MR) is 78.8 cm³/mol. The molecule has 2 unspecified atom stereocenters. The molecule has 1 aromatic rings. The van der Waals surface area contributed by atoms with E-state index in [1.165, 1.54) is 18.2 Å². The van der Waals surface area contributed by atoms with Gasteiger partial charge in [-0.15, -0.1) is 0 Å². The number of para-hydroxylation sites is 1. The molecule has 0 amide bonds. The number of piperidine rings is 1. The number of carbonyl (C=O) groups is 1. The number of likely N-dealkylation sites (tertiary alicyclic amines) is 1. The molecule has 1 aromatic carbocycles. The molecule has 2 rings (SSSR count). The highest BCUT2D eigenvalue weighted by molar-refractivity contribution is 5.96. The summed E-state index contributed by atoms with van der Waals surface area (Å²) in [5.74, 6) is -1.16. The number of anilines is 1. The summed E-state index contributed by atoms with van der Waals surface area (Å²) in [6, 6.07) is 4.50. The third-order valence-corrected chi connectivity index (χ3v) is 4.03.